The molecular formula is C10H15N5O3. The van der Waals surface area contributed by atoms with Crippen molar-refractivity contribution in [1.82, 2.24) is 14.9 Å². The van der Waals surface area contributed by atoms with Crippen LogP contribution in [0, 0.1) is 0 Å². The van der Waals surface area contributed by atoms with Crippen LogP contribution in [0.15, 0.2) is 12.3 Å². The molecule has 2 amide bonds. The molecule has 0 atom stereocenters. The van der Waals surface area contributed by atoms with Crippen LogP contribution < -0.4 is 10.6 Å². The molecule has 1 rings (SSSR count). The number of nitrogens with zero attached hydrogens (tertiary/aromatic N) is 4. The Morgan fingerprint density at radius 1 is 1.39 bits per heavy atom. The van der Waals surface area contributed by atoms with Gasteiger partial charge in [0.05, 0.1) is 0 Å². The van der Waals surface area contributed by atoms with E-state index >= 15 is 0 Å². The molecule has 0 fully saturated rings. The summed E-state index contributed by atoms with van der Waals surface area (Å²) in [6.45, 7) is 0.709. The van der Waals surface area contributed by atoms with Crippen molar-refractivity contribution in [3.8, 4) is 0 Å². The highest BCUT2D eigenvalue weighted by molar-refractivity contribution is 5.90. The van der Waals surface area contributed by atoms with E-state index in [1.165, 1.54) is 19.3 Å². The summed E-state index contributed by atoms with van der Waals surface area (Å²) in [4.78, 5) is 32.3. The van der Waals surface area contributed by atoms with Crippen LogP contribution in [0.2, 0.25) is 0 Å². The Hall–Kier alpha value is -2.38. The first kappa shape index (κ1) is 13.7. The van der Waals surface area contributed by atoms with Crippen molar-refractivity contribution < 1.29 is 14.7 Å². The molecule has 1 aromatic heterocycles. The van der Waals surface area contributed by atoms with Crippen LogP contribution in [0.3, 0.4) is 0 Å². The summed E-state index contributed by atoms with van der Waals surface area (Å²) in [5.74, 6) is -0.306. The highest BCUT2D eigenvalue weighted by Crippen LogP contribution is 2.05. The quantitative estimate of drug-likeness (QED) is 0.739. The molecule has 18 heavy (non-hydrogen) atoms. The number of hydrogen-bond acceptors (Lipinski definition) is 5. The van der Waals surface area contributed by atoms with Crippen molar-refractivity contribution in [2.75, 3.05) is 32.1 Å². The lowest BCUT2D eigenvalue weighted by atomic mass is 10.4. The minimum atomic E-state index is -1.00. The van der Waals surface area contributed by atoms with E-state index in [0.717, 1.165) is 4.90 Å². The molecule has 1 heterocycles. The zero-order chi connectivity index (χ0) is 13.7. The van der Waals surface area contributed by atoms with Gasteiger partial charge in [-0.1, -0.05) is 0 Å². The molecule has 0 spiro atoms. The van der Waals surface area contributed by atoms with Gasteiger partial charge in [0.2, 0.25) is 5.95 Å². The Morgan fingerprint density at radius 3 is 2.61 bits per heavy atom. The molecular weight excluding hydrogens is 238 g/mol. The second-order valence-electron chi connectivity index (χ2n) is 3.73. The number of aromatic nitrogens is 2. The third-order valence-electron chi connectivity index (χ3n) is 2.33. The van der Waals surface area contributed by atoms with Crippen molar-refractivity contribution in [3.05, 3.63) is 18.0 Å². The molecule has 0 aliphatic carbocycles. The second-order valence-corrected chi connectivity index (χ2v) is 3.73. The van der Waals surface area contributed by atoms with Gasteiger partial charge >= 0.3 is 6.09 Å². The van der Waals surface area contributed by atoms with E-state index in [1.807, 2.05) is 0 Å². The molecule has 0 radical (unpaired) electrons. The number of carbonyl (C=O) groups is 2. The number of carboxylic acid groups (broad SMARTS) is 1. The topological polar surface area (TPSA) is 113 Å². The predicted octanol–water partition coefficient (Wildman–Crippen LogP) is -0.378. The van der Waals surface area contributed by atoms with Crippen LogP contribution in [0.1, 0.15) is 10.5 Å². The monoisotopic (exact) mass is 253 g/mol. The first-order valence-electron chi connectivity index (χ1n) is 5.20. The lowest BCUT2D eigenvalue weighted by molar-refractivity contribution is 0.0995. The number of likely N-dealkylation sites (N-methyl/N-ethyl adjacent to an activating group) is 2. The third-order valence-corrected chi connectivity index (χ3v) is 2.33. The maximum atomic E-state index is 11.0. The zero-order valence-corrected chi connectivity index (χ0v) is 10.2. The van der Waals surface area contributed by atoms with Gasteiger partial charge in [0, 0.05) is 33.4 Å². The maximum absolute atomic E-state index is 11.0. The van der Waals surface area contributed by atoms with Gasteiger partial charge in [0.25, 0.3) is 5.91 Å². The van der Waals surface area contributed by atoms with Gasteiger partial charge in [-0.25, -0.2) is 14.8 Å². The largest absolute Gasteiger partial charge is 0.465 e. The van der Waals surface area contributed by atoms with Crippen molar-refractivity contribution in [1.29, 1.82) is 0 Å². The number of nitrogens with two attached hydrogens (primary N) is 1. The van der Waals surface area contributed by atoms with Gasteiger partial charge in [-0.05, 0) is 6.07 Å². The molecule has 0 saturated heterocycles. The number of hydrogen-bond donors (Lipinski definition) is 2. The summed E-state index contributed by atoms with van der Waals surface area (Å²) in [6, 6.07) is 1.42. The standard InChI is InChI=1S/C10H15N5O3/c1-14(5-6-15(2)10(17)18)9-12-4-3-7(13-9)8(11)16/h3-4H,5-6H2,1-2H3,(H2,11,16)(H,17,18). The van der Waals surface area contributed by atoms with Crippen LogP contribution in [0.5, 0.6) is 0 Å². The molecule has 0 unspecified atom stereocenters. The van der Waals surface area contributed by atoms with Crippen LogP contribution >= 0.6 is 0 Å². The minimum absolute atomic E-state index is 0.124. The fourth-order valence-corrected chi connectivity index (χ4v) is 1.17. The van der Waals surface area contributed by atoms with Gasteiger partial charge in [-0.3, -0.25) is 4.79 Å². The van der Waals surface area contributed by atoms with E-state index in [9.17, 15) is 9.59 Å². The van der Waals surface area contributed by atoms with Crippen molar-refractivity contribution in [3.63, 3.8) is 0 Å². The summed E-state index contributed by atoms with van der Waals surface area (Å²) >= 11 is 0. The zero-order valence-electron chi connectivity index (χ0n) is 10.2. The molecule has 8 nitrogen and oxygen atoms in total. The molecule has 8 heteroatoms. The molecule has 0 aliphatic rings. The van der Waals surface area contributed by atoms with Crippen LogP contribution in [-0.2, 0) is 0 Å². The van der Waals surface area contributed by atoms with Crippen molar-refractivity contribution in [2.45, 2.75) is 0 Å². The van der Waals surface area contributed by atoms with Crippen LogP contribution in [0.25, 0.3) is 0 Å². The highest BCUT2D eigenvalue weighted by Gasteiger charge is 2.10. The fourth-order valence-electron chi connectivity index (χ4n) is 1.17. The van der Waals surface area contributed by atoms with E-state index < -0.39 is 12.0 Å². The lowest BCUT2D eigenvalue weighted by Gasteiger charge is -2.20. The molecule has 1 aromatic rings. The first-order chi connectivity index (χ1) is 8.41. The van der Waals surface area contributed by atoms with Gasteiger partial charge < -0.3 is 20.6 Å². The Bertz CT molecular complexity index is 451. The maximum Gasteiger partial charge on any atom is 0.407 e. The predicted molar refractivity (Wildman–Crippen MR) is 64.5 cm³/mol. The SMILES string of the molecule is CN(CCN(C)c1nccc(C(N)=O)n1)C(=O)O. The van der Waals surface area contributed by atoms with Gasteiger partial charge in [0.15, 0.2) is 0 Å². The average Bonchev–Trinajstić information content (AvgIpc) is 2.35. The van der Waals surface area contributed by atoms with Gasteiger partial charge in [-0.15, -0.1) is 0 Å². The number of primary amides is 1. The van der Waals surface area contributed by atoms with Crippen LogP contribution in [0.4, 0.5) is 10.7 Å². The summed E-state index contributed by atoms with van der Waals surface area (Å²) in [7, 11) is 3.17. The normalized spacial score (nSPS) is 9.89. The third kappa shape index (κ3) is 3.58. The lowest BCUT2D eigenvalue weighted by Crippen LogP contribution is -2.34. The van der Waals surface area contributed by atoms with E-state index in [0.29, 0.717) is 19.0 Å². The van der Waals surface area contributed by atoms with Crippen molar-refractivity contribution >= 4 is 17.9 Å². The Labute approximate surface area is 104 Å². The number of anilines is 1. The van der Waals surface area contributed by atoms with Gasteiger partial charge in [-0.2, -0.15) is 0 Å². The summed E-state index contributed by atoms with van der Waals surface area (Å²) in [5.41, 5.74) is 5.23. The average molecular weight is 253 g/mol. The summed E-state index contributed by atoms with van der Waals surface area (Å²) < 4.78 is 0. The smallest absolute Gasteiger partial charge is 0.407 e. The molecule has 3 N–H and O–H groups in total. The molecule has 0 aliphatic heterocycles. The summed E-state index contributed by atoms with van der Waals surface area (Å²) in [6.07, 6.45) is 0.426. The molecule has 0 aromatic carbocycles. The van der Waals surface area contributed by atoms with Gasteiger partial charge in [0.1, 0.15) is 5.69 Å². The summed E-state index contributed by atoms with van der Waals surface area (Å²) in [5, 5.41) is 8.70. The number of rotatable bonds is 5. The number of carbonyl (C=O) groups excluding carboxylic acids is 1. The highest BCUT2D eigenvalue weighted by atomic mass is 16.4. The minimum Gasteiger partial charge on any atom is -0.465 e. The Morgan fingerprint density at radius 2 is 2.06 bits per heavy atom. The Kier molecular flexibility index (Phi) is 4.41. The molecule has 98 valence electrons. The second kappa shape index (κ2) is 5.80. The first-order valence-corrected chi connectivity index (χ1v) is 5.20. The molecule has 0 bridgehead atoms. The Balaban J connectivity index is 2.66. The van der Waals surface area contributed by atoms with E-state index in [-0.39, 0.29) is 5.69 Å². The van der Waals surface area contributed by atoms with E-state index in [2.05, 4.69) is 9.97 Å². The van der Waals surface area contributed by atoms with Crippen LogP contribution in [-0.4, -0.2) is 59.2 Å². The van der Waals surface area contributed by atoms with E-state index in [1.54, 1.807) is 11.9 Å². The fraction of sp³-hybridized carbons (Fsp3) is 0.400. The van der Waals surface area contributed by atoms with Crippen molar-refractivity contribution in [2.24, 2.45) is 5.73 Å². The van der Waals surface area contributed by atoms with E-state index in [4.69, 9.17) is 10.8 Å². The molecule has 0 saturated carbocycles. The number of amides is 2.